The minimum Gasteiger partial charge on any atom is -0.382 e. The Morgan fingerprint density at radius 1 is 1.28 bits per heavy atom. The summed E-state index contributed by atoms with van der Waals surface area (Å²) in [5, 5.41) is 20.8. The molecule has 2 rings (SSSR count). The quantitative estimate of drug-likeness (QED) is 0.660. The van der Waals surface area contributed by atoms with Gasteiger partial charge in [0.15, 0.2) is 12.4 Å². The van der Waals surface area contributed by atoms with Gasteiger partial charge in [-0.1, -0.05) is 12.1 Å². The molecule has 0 bridgehead atoms. The van der Waals surface area contributed by atoms with Crippen molar-refractivity contribution in [3.05, 3.63) is 29.8 Å². The maximum absolute atomic E-state index is 11.5. The van der Waals surface area contributed by atoms with Crippen LogP contribution in [0.25, 0.3) is 0 Å². The maximum Gasteiger partial charge on any atom is 0.256 e. The summed E-state index contributed by atoms with van der Waals surface area (Å²) in [5.74, 6) is -0.161. The standard InChI is InChI=1S/C13H15NO4/c15-7-11(16)12(17)13(18)14-10-5-3-9(4-6-10)8-1-2-8/h3-8,11-12,16-17H,1-2H2,(H,14,18). The molecule has 0 spiro atoms. The number of aliphatic hydroxyl groups excluding tert-OH is 2. The summed E-state index contributed by atoms with van der Waals surface area (Å²) in [4.78, 5) is 21.7. The zero-order chi connectivity index (χ0) is 13.1. The second-order valence-electron chi connectivity index (χ2n) is 4.46. The lowest BCUT2D eigenvalue weighted by molar-refractivity contribution is -0.135. The van der Waals surface area contributed by atoms with E-state index in [0.29, 0.717) is 11.6 Å². The molecule has 1 amide bonds. The zero-order valence-electron chi connectivity index (χ0n) is 9.74. The van der Waals surface area contributed by atoms with Crippen LogP contribution in [0.4, 0.5) is 5.69 Å². The third-order valence-electron chi connectivity index (χ3n) is 2.96. The Morgan fingerprint density at radius 3 is 2.39 bits per heavy atom. The number of anilines is 1. The van der Waals surface area contributed by atoms with Crippen LogP contribution in [0, 0.1) is 0 Å². The average molecular weight is 249 g/mol. The van der Waals surface area contributed by atoms with Crippen molar-refractivity contribution in [3.8, 4) is 0 Å². The molecule has 0 heterocycles. The average Bonchev–Trinajstić information content (AvgIpc) is 3.22. The van der Waals surface area contributed by atoms with E-state index in [9.17, 15) is 14.7 Å². The van der Waals surface area contributed by atoms with Crippen LogP contribution in [0.2, 0.25) is 0 Å². The summed E-state index contributed by atoms with van der Waals surface area (Å²) >= 11 is 0. The second kappa shape index (κ2) is 5.29. The van der Waals surface area contributed by atoms with Crippen LogP contribution in [0.15, 0.2) is 24.3 Å². The summed E-state index contributed by atoms with van der Waals surface area (Å²) in [5.41, 5.74) is 1.77. The number of aldehydes is 1. The lowest BCUT2D eigenvalue weighted by atomic mass is 10.1. The van der Waals surface area contributed by atoms with Crippen molar-refractivity contribution < 1.29 is 19.8 Å². The van der Waals surface area contributed by atoms with Crippen molar-refractivity contribution in [3.63, 3.8) is 0 Å². The van der Waals surface area contributed by atoms with Crippen LogP contribution in [0.5, 0.6) is 0 Å². The number of carbonyl (C=O) groups excluding carboxylic acids is 2. The number of aliphatic hydroxyl groups is 2. The lowest BCUT2D eigenvalue weighted by Gasteiger charge is -2.13. The lowest BCUT2D eigenvalue weighted by Crippen LogP contribution is -2.38. The van der Waals surface area contributed by atoms with Gasteiger partial charge in [-0.25, -0.2) is 0 Å². The molecule has 2 unspecified atom stereocenters. The van der Waals surface area contributed by atoms with E-state index in [1.165, 1.54) is 18.4 Å². The first-order chi connectivity index (χ1) is 8.61. The van der Waals surface area contributed by atoms with Crippen LogP contribution in [0.3, 0.4) is 0 Å². The van der Waals surface area contributed by atoms with Gasteiger partial charge in [0, 0.05) is 5.69 Å². The molecule has 0 aromatic heterocycles. The number of benzene rings is 1. The summed E-state index contributed by atoms with van der Waals surface area (Å²) in [6, 6.07) is 7.34. The molecule has 1 aliphatic rings. The van der Waals surface area contributed by atoms with Crippen LogP contribution in [-0.4, -0.2) is 34.6 Å². The molecule has 0 aliphatic heterocycles. The van der Waals surface area contributed by atoms with E-state index in [-0.39, 0.29) is 6.29 Å². The van der Waals surface area contributed by atoms with Gasteiger partial charge in [-0.2, -0.15) is 0 Å². The highest BCUT2D eigenvalue weighted by molar-refractivity contribution is 5.96. The Hall–Kier alpha value is -1.72. The zero-order valence-corrected chi connectivity index (χ0v) is 9.74. The SMILES string of the molecule is O=CC(O)C(O)C(=O)Nc1ccc(C2CC2)cc1. The van der Waals surface area contributed by atoms with Gasteiger partial charge in [-0.3, -0.25) is 4.79 Å². The minimum atomic E-state index is -1.74. The van der Waals surface area contributed by atoms with E-state index in [1.807, 2.05) is 12.1 Å². The minimum absolute atomic E-state index is 0.125. The van der Waals surface area contributed by atoms with Gasteiger partial charge in [0.1, 0.15) is 6.10 Å². The van der Waals surface area contributed by atoms with E-state index in [1.54, 1.807) is 12.1 Å². The van der Waals surface area contributed by atoms with E-state index in [0.717, 1.165) is 0 Å². The van der Waals surface area contributed by atoms with Gasteiger partial charge >= 0.3 is 0 Å². The summed E-state index contributed by atoms with van der Waals surface area (Å²) in [6.45, 7) is 0. The molecule has 96 valence electrons. The highest BCUT2D eigenvalue weighted by Gasteiger charge is 2.25. The van der Waals surface area contributed by atoms with E-state index < -0.39 is 18.1 Å². The van der Waals surface area contributed by atoms with Crippen LogP contribution >= 0.6 is 0 Å². The first kappa shape index (κ1) is 12.7. The number of hydrogen-bond acceptors (Lipinski definition) is 4. The second-order valence-corrected chi connectivity index (χ2v) is 4.46. The molecule has 1 aliphatic carbocycles. The fourth-order valence-corrected chi connectivity index (χ4v) is 1.70. The topological polar surface area (TPSA) is 86.6 Å². The van der Waals surface area contributed by atoms with Crippen molar-refractivity contribution in [2.24, 2.45) is 0 Å². The van der Waals surface area contributed by atoms with Crippen molar-refractivity contribution in [1.82, 2.24) is 0 Å². The van der Waals surface area contributed by atoms with E-state index in [4.69, 9.17) is 5.11 Å². The summed E-state index contributed by atoms with van der Waals surface area (Å²) in [7, 11) is 0. The first-order valence-electron chi connectivity index (χ1n) is 5.84. The number of hydrogen-bond donors (Lipinski definition) is 3. The Bertz CT molecular complexity index is 439. The number of carbonyl (C=O) groups is 2. The predicted molar refractivity (Wildman–Crippen MR) is 65.1 cm³/mol. The summed E-state index contributed by atoms with van der Waals surface area (Å²) < 4.78 is 0. The molecular formula is C13H15NO4. The van der Waals surface area contributed by atoms with Gasteiger partial charge in [0.05, 0.1) is 0 Å². The molecule has 0 radical (unpaired) electrons. The number of amides is 1. The van der Waals surface area contributed by atoms with Gasteiger partial charge in [-0.15, -0.1) is 0 Å². The van der Waals surface area contributed by atoms with E-state index in [2.05, 4.69) is 5.32 Å². The monoisotopic (exact) mass is 249 g/mol. The van der Waals surface area contributed by atoms with Gasteiger partial charge in [0.25, 0.3) is 5.91 Å². The molecule has 2 atom stereocenters. The molecule has 0 saturated heterocycles. The van der Waals surface area contributed by atoms with Gasteiger partial charge in [0.2, 0.25) is 0 Å². The van der Waals surface area contributed by atoms with Crippen molar-refractivity contribution in [2.45, 2.75) is 31.0 Å². The molecule has 18 heavy (non-hydrogen) atoms. The molecule has 1 aromatic carbocycles. The maximum atomic E-state index is 11.5. The largest absolute Gasteiger partial charge is 0.382 e. The number of nitrogens with one attached hydrogen (secondary N) is 1. The van der Waals surface area contributed by atoms with E-state index >= 15 is 0 Å². The van der Waals surface area contributed by atoms with Crippen molar-refractivity contribution >= 4 is 17.9 Å². The Balaban J connectivity index is 1.95. The molecule has 1 saturated carbocycles. The Labute approximate surface area is 104 Å². The fourth-order valence-electron chi connectivity index (χ4n) is 1.70. The predicted octanol–water partition coefficient (Wildman–Crippen LogP) is 0.423. The molecule has 5 heteroatoms. The molecular weight excluding hydrogens is 234 g/mol. The van der Waals surface area contributed by atoms with Crippen LogP contribution < -0.4 is 5.32 Å². The number of rotatable bonds is 5. The summed E-state index contributed by atoms with van der Waals surface area (Å²) in [6.07, 6.45) is -0.909. The Morgan fingerprint density at radius 2 is 1.89 bits per heavy atom. The normalized spacial score (nSPS) is 17.9. The highest BCUT2D eigenvalue weighted by atomic mass is 16.3. The fraction of sp³-hybridized carbons (Fsp3) is 0.385. The Kier molecular flexibility index (Phi) is 3.74. The van der Waals surface area contributed by atoms with Crippen molar-refractivity contribution in [1.29, 1.82) is 0 Å². The highest BCUT2D eigenvalue weighted by Crippen LogP contribution is 2.40. The smallest absolute Gasteiger partial charge is 0.256 e. The van der Waals surface area contributed by atoms with Crippen molar-refractivity contribution in [2.75, 3.05) is 5.32 Å². The third kappa shape index (κ3) is 2.94. The van der Waals surface area contributed by atoms with Crippen LogP contribution in [-0.2, 0) is 9.59 Å². The molecule has 3 N–H and O–H groups in total. The van der Waals surface area contributed by atoms with Crippen LogP contribution in [0.1, 0.15) is 24.3 Å². The van der Waals surface area contributed by atoms with Gasteiger partial charge < -0.3 is 20.3 Å². The molecule has 1 fully saturated rings. The third-order valence-corrected chi connectivity index (χ3v) is 2.96. The first-order valence-corrected chi connectivity index (χ1v) is 5.84. The molecule has 5 nitrogen and oxygen atoms in total. The molecule has 1 aromatic rings. The van der Waals surface area contributed by atoms with Gasteiger partial charge in [-0.05, 0) is 36.5 Å².